The standard InChI is InChI=1S/C8H10F6O2.C8H13F3O2/c1-6(2,3)5(15)16-4(7(9,10)11)8(12,13)14;1-4-7(2,3)6(12)13-5-8(9,10)11/h4H,1-3H3;4-5H2,1-3H3. The molecule has 4 nitrogen and oxygen atoms in total. The summed E-state index contributed by atoms with van der Waals surface area (Å²) in [5.74, 6) is -2.38. The largest absolute Gasteiger partial charge is 0.456 e. The third-order valence-electron chi connectivity index (χ3n) is 3.24. The van der Waals surface area contributed by atoms with Crippen molar-refractivity contribution in [2.24, 2.45) is 10.8 Å². The SMILES string of the molecule is CC(C)(C)C(=O)OC(C(F)(F)F)C(F)(F)F.CCC(C)(C)C(=O)OCC(F)(F)F. The van der Waals surface area contributed by atoms with Gasteiger partial charge in [0, 0.05) is 0 Å². The number of esters is 2. The van der Waals surface area contributed by atoms with Crippen molar-refractivity contribution < 1.29 is 58.6 Å². The molecule has 0 aromatic carbocycles. The Bertz CT molecular complexity index is 527. The van der Waals surface area contributed by atoms with Gasteiger partial charge in [0.15, 0.2) is 6.61 Å². The Labute approximate surface area is 161 Å². The Hall–Kier alpha value is -1.69. The fourth-order valence-corrected chi connectivity index (χ4v) is 1.09. The molecule has 0 heterocycles. The lowest BCUT2D eigenvalue weighted by Gasteiger charge is -2.26. The Morgan fingerprint density at radius 1 is 0.759 bits per heavy atom. The van der Waals surface area contributed by atoms with Gasteiger partial charge in [0.1, 0.15) is 0 Å². The van der Waals surface area contributed by atoms with Crippen molar-refractivity contribution in [2.45, 2.75) is 72.6 Å². The van der Waals surface area contributed by atoms with Crippen LogP contribution in [0.25, 0.3) is 0 Å². The van der Waals surface area contributed by atoms with Crippen LogP contribution in [0.2, 0.25) is 0 Å². The molecule has 0 saturated heterocycles. The van der Waals surface area contributed by atoms with E-state index in [0.717, 1.165) is 20.8 Å². The molecule has 29 heavy (non-hydrogen) atoms. The van der Waals surface area contributed by atoms with Gasteiger partial charge in [-0.2, -0.15) is 39.5 Å². The first-order valence-electron chi connectivity index (χ1n) is 8.03. The summed E-state index contributed by atoms with van der Waals surface area (Å²) in [6, 6.07) is 0. The molecule has 0 atom stereocenters. The fraction of sp³-hybridized carbons (Fsp3) is 0.875. The normalized spacial score (nSPS) is 13.5. The van der Waals surface area contributed by atoms with Crippen LogP contribution in [-0.2, 0) is 19.1 Å². The van der Waals surface area contributed by atoms with Crippen LogP contribution in [0.3, 0.4) is 0 Å². The number of carbonyl (C=O) groups excluding carboxylic acids is 2. The van der Waals surface area contributed by atoms with E-state index in [-0.39, 0.29) is 0 Å². The molecule has 0 unspecified atom stereocenters. The van der Waals surface area contributed by atoms with Crippen molar-refractivity contribution in [3.8, 4) is 0 Å². The Morgan fingerprint density at radius 3 is 1.38 bits per heavy atom. The van der Waals surface area contributed by atoms with Crippen LogP contribution in [0.4, 0.5) is 39.5 Å². The van der Waals surface area contributed by atoms with E-state index in [1.807, 2.05) is 0 Å². The smallest absolute Gasteiger partial charge is 0.434 e. The van der Waals surface area contributed by atoms with E-state index in [9.17, 15) is 49.1 Å². The second kappa shape index (κ2) is 9.88. The minimum atomic E-state index is -5.67. The molecule has 0 aromatic rings. The topological polar surface area (TPSA) is 52.6 Å². The molecule has 0 saturated carbocycles. The maximum atomic E-state index is 12.0. The summed E-state index contributed by atoms with van der Waals surface area (Å²) < 4.78 is 114. The zero-order valence-corrected chi connectivity index (χ0v) is 16.5. The average Bonchev–Trinajstić information content (AvgIpc) is 2.46. The van der Waals surface area contributed by atoms with E-state index in [4.69, 9.17) is 0 Å². The van der Waals surface area contributed by atoms with Gasteiger partial charge in [-0.25, -0.2) is 0 Å². The average molecular weight is 450 g/mol. The van der Waals surface area contributed by atoms with Gasteiger partial charge in [-0.3, -0.25) is 9.59 Å². The molecule has 0 aromatic heterocycles. The monoisotopic (exact) mass is 450 g/mol. The summed E-state index contributed by atoms with van der Waals surface area (Å²) >= 11 is 0. The lowest BCUT2D eigenvalue weighted by molar-refractivity contribution is -0.315. The molecule has 0 rings (SSSR count). The van der Waals surface area contributed by atoms with Gasteiger partial charge in [0.2, 0.25) is 0 Å². The predicted molar refractivity (Wildman–Crippen MR) is 82.5 cm³/mol. The van der Waals surface area contributed by atoms with Crippen molar-refractivity contribution in [1.29, 1.82) is 0 Å². The lowest BCUT2D eigenvalue weighted by atomic mass is 9.91. The van der Waals surface area contributed by atoms with Crippen molar-refractivity contribution in [3.63, 3.8) is 0 Å². The van der Waals surface area contributed by atoms with Gasteiger partial charge in [-0.15, -0.1) is 0 Å². The van der Waals surface area contributed by atoms with Crippen LogP contribution in [0.5, 0.6) is 0 Å². The maximum Gasteiger partial charge on any atom is 0.434 e. The lowest BCUT2D eigenvalue weighted by Crippen LogP contribution is -2.47. The summed E-state index contributed by atoms with van der Waals surface area (Å²) in [5, 5.41) is 0. The van der Waals surface area contributed by atoms with E-state index >= 15 is 0 Å². The number of hydrogen-bond donors (Lipinski definition) is 0. The van der Waals surface area contributed by atoms with Gasteiger partial charge in [-0.05, 0) is 41.0 Å². The van der Waals surface area contributed by atoms with Crippen molar-refractivity contribution in [1.82, 2.24) is 0 Å². The highest BCUT2D eigenvalue weighted by molar-refractivity contribution is 5.76. The molecule has 0 aliphatic heterocycles. The summed E-state index contributed by atoms with van der Waals surface area (Å²) in [5.41, 5.74) is -2.28. The van der Waals surface area contributed by atoms with Crippen LogP contribution in [0.1, 0.15) is 48.0 Å². The Balaban J connectivity index is 0. The zero-order valence-electron chi connectivity index (χ0n) is 16.5. The second-order valence-corrected chi connectivity index (χ2v) is 7.55. The summed E-state index contributed by atoms with van der Waals surface area (Å²) in [4.78, 5) is 22.0. The summed E-state index contributed by atoms with van der Waals surface area (Å²) in [7, 11) is 0. The molecule has 0 fully saturated rings. The molecule has 0 N–H and O–H groups in total. The quantitative estimate of drug-likeness (QED) is 0.414. The molecule has 0 bridgehead atoms. The number of rotatable bonds is 4. The highest BCUT2D eigenvalue weighted by Gasteiger charge is 2.60. The van der Waals surface area contributed by atoms with Crippen molar-refractivity contribution in [2.75, 3.05) is 6.61 Å². The molecule has 0 aliphatic carbocycles. The molecular formula is C16H23F9O4. The first-order chi connectivity index (χ1) is 12.4. The van der Waals surface area contributed by atoms with E-state index in [1.165, 1.54) is 0 Å². The maximum absolute atomic E-state index is 12.0. The van der Waals surface area contributed by atoms with Gasteiger partial charge < -0.3 is 9.47 Å². The van der Waals surface area contributed by atoms with Gasteiger partial charge in [0.25, 0.3) is 6.10 Å². The molecule has 0 radical (unpaired) electrons. The first kappa shape index (κ1) is 29.5. The number of halogens is 9. The van der Waals surface area contributed by atoms with Crippen molar-refractivity contribution in [3.05, 3.63) is 0 Å². The summed E-state index contributed by atoms with van der Waals surface area (Å²) in [6.45, 7) is 6.76. The van der Waals surface area contributed by atoms with Gasteiger partial charge in [-0.1, -0.05) is 6.92 Å². The van der Waals surface area contributed by atoms with Crippen molar-refractivity contribution >= 4 is 11.9 Å². The second-order valence-electron chi connectivity index (χ2n) is 7.55. The number of carbonyl (C=O) groups is 2. The summed E-state index contributed by atoms with van der Waals surface area (Å²) in [6.07, 6.45) is -19.4. The number of hydrogen-bond acceptors (Lipinski definition) is 4. The number of ether oxygens (including phenoxy) is 2. The zero-order chi connectivity index (χ0) is 24.1. The minimum Gasteiger partial charge on any atom is -0.456 e. The Kier molecular flexibility index (Phi) is 10.1. The van der Waals surface area contributed by atoms with Crippen LogP contribution >= 0.6 is 0 Å². The molecule has 174 valence electrons. The van der Waals surface area contributed by atoms with E-state index in [1.54, 1.807) is 20.8 Å². The van der Waals surface area contributed by atoms with Crippen LogP contribution in [0.15, 0.2) is 0 Å². The highest BCUT2D eigenvalue weighted by Crippen LogP contribution is 2.37. The van der Waals surface area contributed by atoms with Gasteiger partial charge in [0.05, 0.1) is 10.8 Å². The van der Waals surface area contributed by atoms with E-state index < -0.39 is 54.0 Å². The van der Waals surface area contributed by atoms with Crippen LogP contribution < -0.4 is 0 Å². The molecular weight excluding hydrogens is 427 g/mol. The third kappa shape index (κ3) is 12.5. The molecule has 0 amide bonds. The van der Waals surface area contributed by atoms with Crippen LogP contribution in [-0.4, -0.2) is 43.2 Å². The molecule has 0 aliphatic rings. The Morgan fingerprint density at radius 2 is 1.14 bits per heavy atom. The third-order valence-corrected chi connectivity index (χ3v) is 3.24. The van der Waals surface area contributed by atoms with E-state index in [0.29, 0.717) is 6.42 Å². The van der Waals surface area contributed by atoms with Crippen LogP contribution in [0, 0.1) is 10.8 Å². The highest BCUT2D eigenvalue weighted by atomic mass is 19.4. The minimum absolute atomic E-state index is 0.448. The number of alkyl halides is 9. The molecule has 13 heteroatoms. The predicted octanol–water partition coefficient (Wildman–Crippen LogP) is 5.60. The fourth-order valence-electron chi connectivity index (χ4n) is 1.09. The van der Waals surface area contributed by atoms with Gasteiger partial charge >= 0.3 is 30.5 Å². The van der Waals surface area contributed by atoms with E-state index in [2.05, 4.69) is 9.47 Å². The first-order valence-corrected chi connectivity index (χ1v) is 8.03. The molecule has 0 spiro atoms.